The maximum atomic E-state index is 13.9. The second-order valence-electron chi connectivity index (χ2n) is 10.6. The number of rotatable bonds is 5. The van der Waals surface area contributed by atoms with Crippen LogP contribution in [0.5, 0.6) is 11.5 Å². The summed E-state index contributed by atoms with van der Waals surface area (Å²) in [4.78, 5) is 37.1. The largest absolute Gasteiger partial charge is 0.457 e. The van der Waals surface area contributed by atoms with Gasteiger partial charge >= 0.3 is 5.69 Å². The summed E-state index contributed by atoms with van der Waals surface area (Å²) < 4.78 is 8.95. The molecule has 1 aliphatic rings. The van der Waals surface area contributed by atoms with Crippen molar-refractivity contribution in [2.24, 2.45) is 5.41 Å². The first-order valence-corrected chi connectivity index (χ1v) is 12.7. The van der Waals surface area contributed by atoms with Gasteiger partial charge in [-0.25, -0.2) is 14.8 Å². The van der Waals surface area contributed by atoms with Gasteiger partial charge in [0.25, 0.3) is 5.91 Å². The molecule has 198 valence electrons. The smallest absolute Gasteiger partial charge is 0.335 e. The van der Waals surface area contributed by atoms with Crippen molar-refractivity contribution in [3.05, 3.63) is 83.1 Å². The van der Waals surface area contributed by atoms with E-state index in [0.29, 0.717) is 41.3 Å². The van der Waals surface area contributed by atoms with E-state index in [-0.39, 0.29) is 41.0 Å². The van der Waals surface area contributed by atoms with Gasteiger partial charge in [0, 0.05) is 13.1 Å². The van der Waals surface area contributed by atoms with Gasteiger partial charge < -0.3 is 15.4 Å². The average molecular weight is 524 g/mol. The van der Waals surface area contributed by atoms with E-state index in [1.807, 2.05) is 57.2 Å². The summed E-state index contributed by atoms with van der Waals surface area (Å²) in [7, 11) is 0. The predicted octanol–water partition coefficient (Wildman–Crippen LogP) is 4.23. The first kappa shape index (κ1) is 25.7. The van der Waals surface area contributed by atoms with E-state index in [0.717, 1.165) is 0 Å². The number of nitrogens with zero attached hydrogens (tertiary/aromatic N) is 6. The summed E-state index contributed by atoms with van der Waals surface area (Å²) in [6.07, 6.45) is 3.54. The molecule has 1 aliphatic heterocycles. The highest BCUT2D eigenvalue weighted by Gasteiger charge is 2.33. The molecule has 1 fully saturated rings. The number of hydrogen-bond donors (Lipinski definition) is 1. The molecule has 10 nitrogen and oxygen atoms in total. The Hall–Kier alpha value is -4.91. The zero-order valence-corrected chi connectivity index (χ0v) is 22.0. The summed E-state index contributed by atoms with van der Waals surface area (Å²) >= 11 is 0. The number of carbonyl (C=O) groups is 1. The number of fused-ring (bicyclic) bond motifs is 1. The number of allylic oxidation sites excluding steroid dienone is 1. The zero-order chi connectivity index (χ0) is 27.7. The van der Waals surface area contributed by atoms with Crippen molar-refractivity contribution in [2.45, 2.75) is 33.2 Å². The minimum Gasteiger partial charge on any atom is -0.457 e. The molecule has 0 saturated carbocycles. The molecule has 0 bridgehead atoms. The van der Waals surface area contributed by atoms with Crippen molar-refractivity contribution in [3.63, 3.8) is 0 Å². The number of nitriles is 1. The Bertz CT molecular complexity index is 1660. The molecular formula is C29H29N7O3. The number of anilines is 1. The lowest BCUT2D eigenvalue weighted by Crippen LogP contribution is -2.33. The maximum Gasteiger partial charge on any atom is 0.335 e. The van der Waals surface area contributed by atoms with Crippen molar-refractivity contribution >= 4 is 22.9 Å². The predicted molar refractivity (Wildman–Crippen MR) is 147 cm³/mol. The minimum atomic E-state index is -0.338. The molecule has 5 rings (SSSR count). The zero-order valence-electron chi connectivity index (χ0n) is 22.0. The van der Waals surface area contributed by atoms with Crippen molar-refractivity contribution in [1.29, 1.82) is 5.26 Å². The van der Waals surface area contributed by atoms with Gasteiger partial charge in [-0.3, -0.25) is 13.9 Å². The lowest BCUT2D eigenvalue weighted by Gasteiger charge is -2.18. The second-order valence-corrected chi connectivity index (χ2v) is 10.6. The van der Waals surface area contributed by atoms with E-state index in [4.69, 9.17) is 10.5 Å². The molecule has 2 aromatic heterocycles. The molecule has 1 saturated heterocycles. The number of amides is 1. The Kier molecular flexibility index (Phi) is 6.66. The van der Waals surface area contributed by atoms with Crippen LogP contribution >= 0.6 is 0 Å². The molecule has 39 heavy (non-hydrogen) atoms. The van der Waals surface area contributed by atoms with Crippen LogP contribution in [-0.2, 0) is 4.79 Å². The van der Waals surface area contributed by atoms with E-state index in [1.54, 1.807) is 39.8 Å². The van der Waals surface area contributed by atoms with E-state index >= 15 is 0 Å². The monoisotopic (exact) mass is 523 g/mol. The first-order chi connectivity index (χ1) is 18.7. The van der Waals surface area contributed by atoms with Crippen LogP contribution in [0.1, 0.15) is 33.2 Å². The number of ether oxygens (including phenoxy) is 1. The van der Waals surface area contributed by atoms with Crippen LogP contribution in [0.4, 0.5) is 5.82 Å². The van der Waals surface area contributed by atoms with Crippen LogP contribution in [0.15, 0.2) is 77.4 Å². The lowest BCUT2D eigenvalue weighted by molar-refractivity contribution is -0.125. The quantitative estimate of drug-likeness (QED) is 0.306. The van der Waals surface area contributed by atoms with Gasteiger partial charge in [-0.1, -0.05) is 45.0 Å². The van der Waals surface area contributed by atoms with Crippen LogP contribution < -0.4 is 16.2 Å². The van der Waals surface area contributed by atoms with Gasteiger partial charge in [-0.2, -0.15) is 5.26 Å². The third-order valence-electron chi connectivity index (χ3n) is 6.50. The number of hydrogen-bond acceptors (Lipinski definition) is 7. The van der Waals surface area contributed by atoms with Crippen molar-refractivity contribution < 1.29 is 9.53 Å². The van der Waals surface area contributed by atoms with E-state index in [2.05, 4.69) is 9.97 Å². The summed E-state index contributed by atoms with van der Waals surface area (Å²) in [5.74, 6) is 1.16. The summed E-state index contributed by atoms with van der Waals surface area (Å²) in [5, 5.41) is 9.59. The molecule has 2 N–H and O–H groups in total. The average Bonchev–Trinajstić information content (AvgIpc) is 3.50. The van der Waals surface area contributed by atoms with Crippen LogP contribution in [0.3, 0.4) is 0 Å². The van der Waals surface area contributed by atoms with Crippen LogP contribution in [0.25, 0.3) is 16.9 Å². The third-order valence-corrected chi connectivity index (χ3v) is 6.50. The Balaban J connectivity index is 1.49. The molecule has 1 atom stereocenters. The number of aromatic nitrogens is 4. The Morgan fingerprint density at radius 2 is 1.79 bits per heavy atom. The molecule has 10 heteroatoms. The van der Waals surface area contributed by atoms with Gasteiger partial charge in [0.2, 0.25) is 0 Å². The summed E-state index contributed by atoms with van der Waals surface area (Å²) in [6.45, 7) is 6.49. The molecule has 4 aromatic rings. The summed E-state index contributed by atoms with van der Waals surface area (Å²) in [6, 6.07) is 18.2. The summed E-state index contributed by atoms with van der Waals surface area (Å²) in [5.41, 5.74) is 7.06. The molecule has 3 heterocycles. The standard InChI is InChI=1S/C29H29N7O3/c1-29(2,3)15-19(16-30)27(37)34-14-13-21(17-34)36-26-24(25(31)32-18-33-26)35(28(36)38)20-9-11-23(12-10-20)39-22-7-5-4-6-8-22/h4-12,15,18,21H,13-14,17H2,1-3H3,(H2,31,32,33)/t21-/m0/s1. The highest BCUT2D eigenvalue weighted by molar-refractivity contribution is 5.97. The number of para-hydroxylation sites is 1. The number of benzene rings is 2. The van der Waals surface area contributed by atoms with Gasteiger partial charge in [0.05, 0.1) is 11.7 Å². The maximum absolute atomic E-state index is 13.9. The van der Waals surface area contributed by atoms with E-state index < -0.39 is 0 Å². The molecule has 0 aliphatic carbocycles. The molecule has 1 amide bonds. The second kappa shape index (κ2) is 10.1. The molecule has 2 aromatic carbocycles. The van der Waals surface area contributed by atoms with Crippen LogP contribution in [0.2, 0.25) is 0 Å². The van der Waals surface area contributed by atoms with Gasteiger partial charge in [-0.05, 0) is 48.2 Å². The molecule has 0 unspecified atom stereocenters. The van der Waals surface area contributed by atoms with E-state index in [9.17, 15) is 14.9 Å². The minimum absolute atomic E-state index is 0.0994. The number of nitrogen functional groups attached to an aromatic ring is 1. The molecule has 0 spiro atoms. The van der Waals surface area contributed by atoms with Crippen molar-refractivity contribution in [1.82, 2.24) is 24.0 Å². The normalized spacial score (nSPS) is 15.9. The fraction of sp³-hybridized carbons (Fsp3) is 0.276. The van der Waals surface area contributed by atoms with Gasteiger partial charge in [0.15, 0.2) is 11.5 Å². The fourth-order valence-electron chi connectivity index (χ4n) is 4.81. The highest BCUT2D eigenvalue weighted by atomic mass is 16.5. The van der Waals surface area contributed by atoms with E-state index in [1.165, 1.54) is 10.9 Å². The fourth-order valence-corrected chi connectivity index (χ4v) is 4.81. The number of likely N-dealkylation sites (tertiary alicyclic amines) is 1. The Labute approximate surface area is 225 Å². The van der Waals surface area contributed by atoms with Crippen molar-refractivity contribution in [3.8, 4) is 23.3 Å². The number of carbonyl (C=O) groups excluding carboxylic acids is 1. The molecule has 0 radical (unpaired) electrons. The highest BCUT2D eigenvalue weighted by Crippen LogP contribution is 2.29. The topological polar surface area (TPSA) is 132 Å². The lowest BCUT2D eigenvalue weighted by atomic mass is 9.93. The van der Waals surface area contributed by atoms with Gasteiger partial charge in [0.1, 0.15) is 35.0 Å². The van der Waals surface area contributed by atoms with Crippen LogP contribution in [-0.4, -0.2) is 43.0 Å². The number of nitrogens with two attached hydrogens (primary N) is 1. The van der Waals surface area contributed by atoms with Crippen LogP contribution in [0, 0.1) is 16.7 Å². The molecular weight excluding hydrogens is 494 g/mol. The third kappa shape index (κ3) is 5.11. The van der Waals surface area contributed by atoms with Crippen molar-refractivity contribution in [2.75, 3.05) is 18.8 Å². The van der Waals surface area contributed by atoms with Gasteiger partial charge in [-0.15, -0.1) is 0 Å². The Morgan fingerprint density at radius 3 is 2.46 bits per heavy atom. The Morgan fingerprint density at radius 1 is 1.10 bits per heavy atom. The number of imidazole rings is 1. The SMILES string of the molecule is CC(C)(C)C=C(C#N)C(=O)N1CC[C@H](n2c(=O)n(-c3ccc(Oc4ccccc4)cc3)c3c(N)ncnc32)C1. The first-order valence-electron chi connectivity index (χ1n) is 12.7.